The lowest BCUT2D eigenvalue weighted by atomic mass is 10.3. The van der Waals surface area contributed by atoms with Crippen molar-refractivity contribution in [1.29, 1.82) is 0 Å². The molecule has 0 aliphatic rings. The molecule has 3 N–H and O–H groups in total. The first kappa shape index (κ1) is 18.2. The number of aryl methyl sites for hydroxylation is 2. The van der Waals surface area contributed by atoms with E-state index in [9.17, 15) is 9.59 Å². The van der Waals surface area contributed by atoms with Crippen LogP contribution in [0.5, 0.6) is 5.75 Å². The average molecular weight is 368 g/mol. The zero-order valence-electron chi connectivity index (χ0n) is 15.5. The van der Waals surface area contributed by atoms with Crippen LogP contribution in [0.3, 0.4) is 0 Å². The van der Waals surface area contributed by atoms with E-state index in [0.717, 1.165) is 0 Å². The van der Waals surface area contributed by atoms with Crippen LogP contribution in [0.4, 0.5) is 16.3 Å². The lowest BCUT2D eigenvalue weighted by Crippen LogP contribution is -2.23. The number of aromatic amines is 1. The molecule has 3 rings (SSSR count). The molecule has 2 amide bonds. The van der Waals surface area contributed by atoms with Crippen molar-refractivity contribution in [3.63, 3.8) is 0 Å². The number of hydrogen-bond donors (Lipinski definition) is 3. The van der Waals surface area contributed by atoms with E-state index in [4.69, 9.17) is 4.74 Å². The second kappa shape index (κ2) is 7.32. The molecule has 0 atom stereocenters. The van der Waals surface area contributed by atoms with E-state index in [1.54, 1.807) is 45.0 Å². The summed E-state index contributed by atoms with van der Waals surface area (Å²) in [6, 6.07) is 8.26. The molecule has 0 spiro atoms. The Balaban J connectivity index is 1.88. The van der Waals surface area contributed by atoms with Gasteiger partial charge in [0.25, 0.3) is 5.56 Å². The predicted octanol–water partition coefficient (Wildman–Crippen LogP) is 2.53. The fraction of sp³-hybridized carbons (Fsp3) is 0.222. The summed E-state index contributed by atoms with van der Waals surface area (Å²) < 4.78 is 6.60. The third kappa shape index (κ3) is 3.81. The summed E-state index contributed by atoms with van der Waals surface area (Å²) in [5, 5.41) is 9.74. The number of amides is 2. The van der Waals surface area contributed by atoms with E-state index in [1.807, 2.05) is 6.07 Å². The van der Waals surface area contributed by atoms with Crippen molar-refractivity contribution in [3.05, 3.63) is 57.6 Å². The Morgan fingerprint density at radius 2 is 1.93 bits per heavy atom. The van der Waals surface area contributed by atoms with Crippen molar-refractivity contribution in [1.82, 2.24) is 19.7 Å². The summed E-state index contributed by atoms with van der Waals surface area (Å²) in [4.78, 5) is 31.5. The van der Waals surface area contributed by atoms with Gasteiger partial charge in [0.2, 0.25) is 5.95 Å². The monoisotopic (exact) mass is 368 g/mol. The molecule has 2 aromatic heterocycles. The van der Waals surface area contributed by atoms with Gasteiger partial charge in [-0.25, -0.2) is 9.78 Å². The van der Waals surface area contributed by atoms with Gasteiger partial charge in [0.15, 0.2) is 0 Å². The Kier molecular flexibility index (Phi) is 4.93. The Hall–Kier alpha value is -3.62. The van der Waals surface area contributed by atoms with E-state index in [0.29, 0.717) is 34.2 Å². The predicted molar refractivity (Wildman–Crippen MR) is 102 cm³/mol. The van der Waals surface area contributed by atoms with Crippen molar-refractivity contribution < 1.29 is 9.53 Å². The molecule has 0 aliphatic carbocycles. The number of carbonyl (C=O) groups excluding carboxylic acids is 1. The molecule has 3 aromatic rings. The number of anilines is 2. The zero-order chi connectivity index (χ0) is 19.6. The maximum Gasteiger partial charge on any atom is 0.324 e. The van der Waals surface area contributed by atoms with E-state index in [-0.39, 0.29) is 11.5 Å². The lowest BCUT2D eigenvalue weighted by molar-refractivity contribution is 0.262. The third-order valence-electron chi connectivity index (χ3n) is 4.01. The van der Waals surface area contributed by atoms with Gasteiger partial charge in [-0.3, -0.25) is 15.1 Å². The number of H-pyrrole nitrogens is 1. The second-order valence-corrected chi connectivity index (χ2v) is 5.96. The minimum Gasteiger partial charge on any atom is -0.495 e. The van der Waals surface area contributed by atoms with Crippen LogP contribution in [0.15, 0.2) is 35.1 Å². The highest BCUT2D eigenvalue weighted by molar-refractivity contribution is 6.00. The molecule has 0 unspecified atom stereocenters. The number of ether oxygens (including phenoxy) is 1. The van der Waals surface area contributed by atoms with Gasteiger partial charge in [0.05, 0.1) is 18.5 Å². The fourth-order valence-corrected chi connectivity index (χ4v) is 2.50. The number of para-hydroxylation sites is 2. The van der Waals surface area contributed by atoms with Crippen LogP contribution in [0.25, 0.3) is 5.95 Å². The average Bonchev–Trinajstić information content (AvgIpc) is 2.99. The van der Waals surface area contributed by atoms with E-state index in [1.165, 1.54) is 11.8 Å². The third-order valence-corrected chi connectivity index (χ3v) is 4.01. The number of nitrogens with one attached hydrogen (secondary N) is 3. The van der Waals surface area contributed by atoms with Crippen LogP contribution in [-0.4, -0.2) is 32.9 Å². The van der Waals surface area contributed by atoms with E-state index >= 15 is 0 Å². The molecule has 0 saturated carbocycles. The molecule has 1 aromatic carbocycles. The van der Waals surface area contributed by atoms with Crippen LogP contribution >= 0.6 is 0 Å². The molecule has 27 heavy (non-hydrogen) atoms. The van der Waals surface area contributed by atoms with Crippen LogP contribution in [-0.2, 0) is 0 Å². The van der Waals surface area contributed by atoms with E-state index in [2.05, 4.69) is 25.7 Å². The van der Waals surface area contributed by atoms with Gasteiger partial charge in [-0.1, -0.05) is 12.1 Å². The highest BCUT2D eigenvalue weighted by Crippen LogP contribution is 2.23. The molecule has 0 radical (unpaired) electrons. The number of nitrogens with zero attached hydrogens (tertiary/aromatic N) is 3. The Morgan fingerprint density at radius 3 is 2.63 bits per heavy atom. The number of benzene rings is 1. The topological polar surface area (TPSA) is 114 Å². The Morgan fingerprint density at radius 1 is 1.19 bits per heavy atom. The fourth-order valence-electron chi connectivity index (χ4n) is 2.50. The first-order valence-corrected chi connectivity index (χ1v) is 8.24. The van der Waals surface area contributed by atoms with Crippen molar-refractivity contribution in [2.24, 2.45) is 0 Å². The van der Waals surface area contributed by atoms with Crippen molar-refractivity contribution in [2.75, 3.05) is 17.7 Å². The van der Waals surface area contributed by atoms with Crippen molar-refractivity contribution in [3.8, 4) is 11.7 Å². The highest BCUT2D eigenvalue weighted by atomic mass is 16.5. The van der Waals surface area contributed by atoms with Crippen LogP contribution in [0, 0.1) is 20.8 Å². The smallest absolute Gasteiger partial charge is 0.324 e. The summed E-state index contributed by atoms with van der Waals surface area (Å²) in [7, 11) is 1.53. The van der Waals surface area contributed by atoms with Gasteiger partial charge in [0.1, 0.15) is 11.6 Å². The molecule has 2 heterocycles. The van der Waals surface area contributed by atoms with Crippen molar-refractivity contribution in [2.45, 2.75) is 20.8 Å². The molecule has 0 aliphatic heterocycles. The molecule has 9 heteroatoms. The number of methoxy groups -OCH3 is 1. The van der Waals surface area contributed by atoms with E-state index < -0.39 is 6.03 Å². The second-order valence-electron chi connectivity index (χ2n) is 5.96. The van der Waals surface area contributed by atoms with Crippen LogP contribution < -0.4 is 20.9 Å². The number of carbonyl (C=O) groups is 1. The van der Waals surface area contributed by atoms with Gasteiger partial charge in [-0.05, 0) is 32.9 Å². The van der Waals surface area contributed by atoms with Gasteiger partial charge >= 0.3 is 6.03 Å². The van der Waals surface area contributed by atoms with Gasteiger partial charge in [-0.2, -0.15) is 9.78 Å². The number of hydrogen-bond acceptors (Lipinski definition) is 5. The maximum atomic E-state index is 12.4. The normalized spacial score (nSPS) is 10.5. The molecule has 140 valence electrons. The first-order valence-electron chi connectivity index (χ1n) is 8.24. The molecular weight excluding hydrogens is 348 g/mol. The lowest BCUT2D eigenvalue weighted by Gasteiger charge is -2.12. The van der Waals surface area contributed by atoms with Gasteiger partial charge < -0.3 is 10.1 Å². The summed E-state index contributed by atoms with van der Waals surface area (Å²) in [6.07, 6.45) is 0. The SMILES string of the molecule is COc1ccccc1NC(=O)Nc1cc(C)nn1-c1nc(C)c(C)c(=O)[nH]1. The highest BCUT2D eigenvalue weighted by Gasteiger charge is 2.15. The summed E-state index contributed by atoms with van der Waals surface area (Å²) in [5.74, 6) is 1.13. The quantitative estimate of drug-likeness (QED) is 0.655. The zero-order valence-corrected chi connectivity index (χ0v) is 15.5. The summed E-state index contributed by atoms with van der Waals surface area (Å²) >= 11 is 0. The van der Waals surface area contributed by atoms with Crippen molar-refractivity contribution >= 4 is 17.5 Å². The first-order chi connectivity index (χ1) is 12.9. The minimum atomic E-state index is -0.480. The van der Waals surface area contributed by atoms with Crippen LogP contribution in [0.1, 0.15) is 17.0 Å². The molecule has 0 bridgehead atoms. The van der Waals surface area contributed by atoms with Crippen LogP contribution in [0.2, 0.25) is 0 Å². The molecule has 9 nitrogen and oxygen atoms in total. The Labute approximate surface area is 155 Å². The standard InChI is InChI=1S/C18H20N6O3/c1-10-9-15(21-18(26)20-13-7-5-6-8-14(13)27-4)24(23-10)17-19-12(3)11(2)16(25)22-17/h5-9H,1-4H3,(H,19,22,25)(H2,20,21,26). The Bertz CT molecular complexity index is 1050. The minimum absolute atomic E-state index is 0.226. The van der Waals surface area contributed by atoms with Gasteiger partial charge in [-0.15, -0.1) is 0 Å². The summed E-state index contributed by atoms with van der Waals surface area (Å²) in [6.45, 7) is 5.21. The number of urea groups is 1. The maximum absolute atomic E-state index is 12.4. The molecular formula is C18H20N6O3. The molecule has 0 fully saturated rings. The number of rotatable bonds is 4. The molecule has 0 saturated heterocycles. The largest absolute Gasteiger partial charge is 0.495 e. The number of aromatic nitrogens is 4. The van der Waals surface area contributed by atoms with Gasteiger partial charge in [0, 0.05) is 17.3 Å². The summed E-state index contributed by atoms with van der Waals surface area (Å²) in [5.41, 5.74) is 2.05.